The molecule has 0 aliphatic heterocycles. The summed E-state index contributed by atoms with van der Waals surface area (Å²) in [6, 6.07) is 63.9. The smallest absolute Gasteiger partial charge is 1.00 e. The molecule has 63 heavy (non-hydrogen) atoms. The van der Waals surface area contributed by atoms with Crippen molar-refractivity contribution in [1.82, 2.24) is 0 Å². The molecule has 8 nitrogen and oxygen atoms in total. The SMILES string of the molecule is Cc1ccc(S(=O)(=O)OCCF)cc1.FCCOc1ccc(P(c2ccccc2)c2ccccc2)cc1.O=CO[O-].Oc1ccc(P(c2ccccc2)c2ccccc2)cc1.[H-].[K+].[K+]. The van der Waals surface area contributed by atoms with Gasteiger partial charge in [-0.1, -0.05) is 163 Å². The zero-order chi connectivity index (χ0) is 43.7. The number of phenolic OH excluding ortho intramolecular Hbond substituents is 1. The Morgan fingerprint density at radius 2 is 0.889 bits per heavy atom. The predicted molar refractivity (Wildman–Crippen MR) is 242 cm³/mol. The van der Waals surface area contributed by atoms with Crippen LogP contribution < -0.4 is 145 Å². The third-order valence-corrected chi connectivity index (χ3v) is 14.5. The van der Waals surface area contributed by atoms with E-state index in [9.17, 15) is 22.3 Å². The molecule has 0 heterocycles. The summed E-state index contributed by atoms with van der Waals surface area (Å²) in [7, 11) is -4.95. The Bertz CT molecular complexity index is 2310. The van der Waals surface area contributed by atoms with Gasteiger partial charge in [-0.05, 0) is 91.0 Å². The van der Waals surface area contributed by atoms with Crippen molar-refractivity contribution in [2.45, 2.75) is 11.8 Å². The van der Waals surface area contributed by atoms with Gasteiger partial charge in [-0.15, -0.1) is 0 Å². The molecular weight excluding hydrogens is 915 g/mol. The van der Waals surface area contributed by atoms with Crippen LogP contribution in [0.4, 0.5) is 8.78 Å². The fraction of sp³-hybridized carbons (Fsp3) is 0.104. The number of carbonyl (C=O) groups excluding carboxylic acids is 1. The van der Waals surface area contributed by atoms with Gasteiger partial charge in [0, 0.05) is 0 Å². The Morgan fingerprint density at radius 1 is 0.556 bits per heavy atom. The van der Waals surface area contributed by atoms with E-state index in [1.54, 1.807) is 24.3 Å². The van der Waals surface area contributed by atoms with Crippen LogP contribution >= 0.6 is 15.8 Å². The number of phenols is 1. The number of rotatable bonds is 14. The van der Waals surface area contributed by atoms with Gasteiger partial charge in [-0.3, -0.25) is 8.98 Å². The summed E-state index contributed by atoms with van der Waals surface area (Å²) in [4.78, 5) is 11.3. The maximum absolute atomic E-state index is 12.2. The average molecular weight is 961 g/mol. The Balaban J connectivity index is 0.000000461. The van der Waals surface area contributed by atoms with Gasteiger partial charge in [0.15, 0.2) is 0 Å². The van der Waals surface area contributed by atoms with E-state index in [4.69, 9.17) is 14.8 Å². The zero-order valence-electron chi connectivity index (χ0n) is 36.2. The summed E-state index contributed by atoms with van der Waals surface area (Å²) in [5.74, 6) is 1.02. The Labute approximate surface area is 457 Å². The van der Waals surface area contributed by atoms with Crippen molar-refractivity contribution in [3.05, 3.63) is 200 Å². The van der Waals surface area contributed by atoms with E-state index in [0.717, 1.165) is 5.56 Å². The number of aromatic hydroxyl groups is 1. The molecular formula is C48H46F2K2O8P2S. The van der Waals surface area contributed by atoms with Crippen molar-refractivity contribution in [2.24, 2.45) is 0 Å². The normalized spacial score (nSPS) is 10.2. The van der Waals surface area contributed by atoms with Gasteiger partial charge in [0.25, 0.3) is 16.6 Å². The topological polar surface area (TPSA) is 122 Å². The molecule has 0 spiro atoms. The molecule has 0 fully saturated rings. The number of carbonyl (C=O) groups is 1. The van der Waals surface area contributed by atoms with Crippen molar-refractivity contribution >= 4 is 64.3 Å². The van der Waals surface area contributed by atoms with E-state index >= 15 is 0 Å². The second-order valence-corrected chi connectivity index (χ2v) is 18.6. The second-order valence-electron chi connectivity index (χ2n) is 12.5. The van der Waals surface area contributed by atoms with Crippen LogP contribution in [-0.2, 0) is 24.0 Å². The fourth-order valence-corrected chi connectivity index (χ4v) is 11.0. The molecule has 0 saturated heterocycles. The molecule has 318 valence electrons. The minimum Gasteiger partial charge on any atom is -1.00 e. The molecule has 0 bridgehead atoms. The third-order valence-electron chi connectivity index (χ3n) is 8.27. The first-order valence-electron chi connectivity index (χ1n) is 18.8. The van der Waals surface area contributed by atoms with Crippen molar-refractivity contribution in [1.29, 1.82) is 0 Å². The monoisotopic (exact) mass is 960 g/mol. The quantitative estimate of drug-likeness (QED) is 0.0431. The summed E-state index contributed by atoms with van der Waals surface area (Å²) >= 11 is 0. The number of aryl methyl sites for hydroxylation is 1. The van der Waals surface area contributed by atoms with Gasteiger partial charge >= 0.3 is 103 Å². The van der Waals surface area contributed by atoms with Crippen molar-refractivity contribution in [2.75, 3.05) is 26.6 Å². The van der Waals surface area contributed by atoms with Crippen molar-refractivity contribution in [3.63, 3.8) is 0 Å². The van der Waals surface area contributed by atoms with E-state index in [-0.39, 0.29) is 122 Å². The number of halogens is 2. The van der Waals surface area contributed by atoms with E-state index in [1.165, 1.54) is 44.0 Å². The third kappa shape index (κ3) is 19.9. The molecule has 7 rings (SSSR count). The van der Waals surface area contributed by atoms with Gasteiger partial charge in [0.1, 0.15) is 31.5 Å². The first-order valence-corrected chi connectivity index (χ1v) is 22.9. The number of hydrogen-bond donors (Lipinski definition) is 1. The average Bonchev–Trinajstić information content (AvgIpc) is 3.31. The number of hydrogen-bond acceptors (Lipinski definition) is 8. The minimum absolute atomic E-state index is 0. The Kier molecular flexibility index (Phi) is 28.9. The summed E-state index contributed by atoms with van der Waals surface area (Å²) in [6.07, 6.45) is 0. The van der Waals surface area contributed by atoms with Crippen LogP contribution in [0.15, 0.2) is 199 Å². The van der Waals surface area contributed by atoms with Crippen LogP contribution in [0.2, 0.25) is 0 Å². The molecule has 0 aliphatic carbocycles. The molecule has 7 aromatic carbocycles. The molecule has 0 unspecified atom stereocenters. The molecule has 0 atom stereocenters. The Morgan fingerprint density at radius 3 is 1.22 bits per heavy atom. The van der Waals surface area contributed by atoms with Crippen LogP contribution in [0.5, 0.6) is 11.5 Å². The largest absolute Gasteiger partial charge is 1.00 e. The molecule has 0 amide bonds. The van der Waals surface area contributed by atoms with E-state index in [2.05, 4.69) is 118 Å². The Hall–Kier alpha value is -2.53. The standard InChI is InChI=1S/C20H18FOP.C18H15OP.C9H11FO3S.CH2O3.2K.H/c21-15-16-22-17-11-13-20(14-12-17)23(18-7-3-1-4-8-18)19-9-5-2-6-10-19;19-15-11-13-18(14-12-15)20(16-7-3-1-4-8-16)17-9-5-2-6-10-17;1-8-2-4-9(5-3-8)14(11,12)13-7-6-10;2-1-4-3;;;/h1-14H,15-16H2;1-14,19H;2-5H,6-7H2,1H3;1,3H;;;/q;;;;2*+1;-1/p-1. The van der Waals surface area contributed by atoms with Crippen LogP contribution in [0, 0.1) is 6.92 Å². The fourth-order valence-electron chi connectivity index (χ4n) is 5.57. The zero-order valence-corrected chi connectivity index (χ0v) is 44.1. The first kappa shape index (κ1) is 56.6. The second kappa shape index (κ2) is 32.2. The van der Waals surface area contributed by atoms with E-state index in [1.807, 2.05) is 55.5 Å². The van der Waals surface area contributed by atoms with Crippen molar-refractivity contribution in [3.8, 4) is 11.5 Å². The van der Waals surface area contributed by atoms with E-state index < -0.39 is 45.9 Å². The maximum atomic E-state index is 12.2. The summed E-state index contributed by atoms with van der Waals surface area (Å²) in [5.41, 5.74) is 0.953. The molecule has 7 aromatic rings. The summed E-state index contributed by atoms with van der Waals surface area (Å²) in [5, 5.41) is 25.7. The van der Waals surface area contributed by atoms with Crippen molar-refractivity contribution < 1.29 is 150 Å². The molecule has 0 aromatic heterocycles. The number of benzene rings is 7. The van der Waals surface area contributed by atoms with Gasteiger partial charge < -0.3 is 21.4 Å². The minimum atomic E-state index is -3.78. The van der Waals surface area contributed by atoms with Gasteiger partial charge in [-0.2, -0.15) is 8.42 Å². The van der Waals surface area contributed by atoms with Crippen LogP contribution in [-0.4, -0.2) is 46.6 Å². The van der Waals surface area contributed by atoms with Crippen LogP contribution in [0.3, 0.4) is 0 Å². The summed E-state index contributed by atoms with van der Waals surface area (Å²) < 4.78 is 56.3. The number of ether oxygens (including phenoxy) is 1. The van der Waals surface area contributed by atoms with E-state index in [0.29, 0.717) is 11.5 Å². The first-order chi connectivity index (χ1) is 29.7. The molecule has 0 aliphatic rings. The molecule has 15 heteroatoms. The van der Waals surface area contributed by atoms with Crippen LogP contribution in [0.25, 0.3) is 0 Å². The van der Waals surface area contributed by atoms with Gasteiger partial charge in [0.2, 0.25) is 0 Å². The predicted octanol–water partition coefficient (Wildman–Crippen LogP) is 1.17. The van der Waals surface area contributed by atoms with Crippen LogP contribution in [0.1, 0.15) is 6.99 Å². The van der Waals surface area contributed by atoms with Gasteiger partial charge in [0.05, 0.1) is 11.5 Å². The van der Waals surface area contributed by atoms with Gasteiger partial charge in [-0.25, -0.2) is 8.78 Å². The molecule has 0 saturated carbocycles. The number of alkyl halides is 2. The molecule has 1 N–H and O–H groups in total. The maximum Gasteiger partial charge on any atom is 1.00 e. The molecule has 0 radical (unpaired) electrons. The summed E-state index contributed by atoms with van der Waals surface area (Å²) in [6.45, 7) is 0.0497.